The summed E-state index contributed by atoms with van der Waals surface area (Å²) in [6.45, 7) is -9.21. The van der Waals surface area contributed by atoms with Crippen molar-refractivity contribution in [2.24, 2.45) is 6.98 Å². The number of aromatic nitrogens is 2. The van der Waals surface area contributed by atoms with E-state index >= 15 is 0 Å². The van der Waals surface area contributed by atoms with Crippen LogP contribution in [0.3, 0.4) is 0 Å². The molecule has 1 heterocycles. The van der Waals surface area contributed by atoms with Crippen molar-refractivity contribution in [3.8, 4) is 0 Å². The summed E-state index contributed by atoms with van der Waals surface area (Å²) in [5, 5.41) is 3.60. The van der Waals surface area contributed by atoms with Crippen LogP contribution < -0.4 is 0 Å². The number of nitrogens with zero attached hydrogens (tertiary/aromatic N) is 3. The van der Waals surface area contributed by atoms with Crippen LogP contribution in [0.25, 0.3) is 0 Å². The normalized spacial score (nSPS) is 26.6. The molecule has 0 radical (unpaired) electrons. The van der Waals surface area contributed by atoms with E-state index in [1.54, 1.807) is 0 Å². The molecule has 0 saturated carbocycles. The van der Waals surface area contributed by atoms with Crippen LogP contribution in [-0.2, 0) is 11.7 Å². The molecule has 1 unspecified atom stereocenters. The lowest BCUT2D eigenvalue weighted by Crippen LogP contribution is -2.20. The molecule has 0 fully saturated rings. The van der Waals surface area contributed by atoms with Crippen LogP contribution in [0.5, 0.6) is 0 Å². The average Bonchev–Trinajstić information content (AvgIpc) is 3.15. The van der Waals surface area contributed by atoms with Crippen molar-refractivity contribution < 1.29 is 22.6 Å². The fourth-order valence-corrected chi connectivity index (χ4v) is 1.24. The van der Waals surface area contributed by atoms with E-state index in [1.807, 2.05) is 0 Å². The summed E-state index contributed by atoms with van der Waals surface area (Å²) in [6.07, 6.45) is -2.15. The second kappa shape index (κ2) is 6.50. The molecule has 19 heavy (non-hydrogen) atoms. The van der Waals surface area contributed by atoms with Gasteiger partial charge in [0, 0.05) is 26.5 Å². The molecule has 102 valence electrons. The van der Waals surface area contributed by atoms with Gasteiger partial charge in [-0.2, -0.15) is 5.10 Å². The predicted molar refractivity (Wildman–Crippen MR) is 76.0 cm³/mol. The van der Waals surface area contributed by atoms with Crippen LogP contribution in [-0.4, -0.2) is 41.8 Å². The first kappa shape index (κ1) is 4.72. The maximum atomic E-state index is 8.94. The van der Waals surface area contributed by atoms with Gasteiger partial charge in [-0.3, -0.25) is 4.68 Å². The summed E-state index contributed by atoms with van der Waals surface area (Å²) in [5.74, 6) is 0. The number of hydrogen-bond acceptors (Lipinski definition) is 3. The lowest BCUT2D eigenvalue weighted by Gasteiger charge is -2.20. The lowest BCUT2D eigenvalue weighted by atomic mass is 10.1. The van der Waals surface area contributed by atoms with Gasteiger partial charge < -0.3 is 9.64 Å². The highest BCUT2D eigenvalue weighted by Crippen LogP contribution is 2.25. The smallest absolute Gasteiger partial charge is 0.124 e. The van der Waals surface area contributed by atoms with E-state index in [2.05, 4.69) is 5.10 Å². The van der Waals surface area contributed by atoms with Crippen molar-refractivity contribution >= 4 is 0 Å². The minimum absolute atomic E-state index is 0.321. The number of benzene rings is 1. The Morgan fingerprint density at radius 2 is 2.32 bits per heavy atom. The summed E-state index contributed by atoms with van der Waals surface area (Å²) < 4.78 is 110. The number of hydrogen-bond donors (Lipinski definition) is 0. The Morgan fingerprint density at radius 1 is 1.53 bits per heavy atom. The SMILES string of the molecule is [2H]c1c([2H])c([2H])c(C([2H])(OC([2H])([2H])C([2H])([2H])N(C)C)c2ccnn2C([2H])([2H])[2H])c([2H])c1[2H]. The molecular formula is C15H21N3O. The molecule has 1 aromatic heterocycles. The third-order valence-corrected chi connectivity index (χ3v) is 2.02. The number of ether oxygens (including phenoxy) is 1. The van der Waals surface area contributed by atoms with Crippen LogP contribution in [0, 0.1) is 0 Å². The Labute approximate surface area is 132 Å². The molecule has 2 rings (SSSR count). The summed E-state index contributed by atoms with van der Waals surface area (Å²) in [7, 11) is 2.40. The first-order chi connectivity index (χ1) is 14.3. The monoisotopic (exact) mass is 272 g/mol. The third-order valence-electron chi connectivity index (χ3n) is 2.02. The maximum absolute atomic E-state index is 8.94. The average molecular weight is 272 g/mol. The highest BCUT2D eigenvalue weighted by atomic mass is 16.5. The number of aryl methyl sites for hydroxylation is 1. The van der Waals surface area contributed by atoms with Gasteiger partial charge in [-0.15, -0.1) is 0 Å². The van der Waals surface area contributed by atoms with Crippen LogP contribution >= 0.6 is 0 Å². The molecule has 0 aliphatic heterocycles. The fraction of sp³-hybridized carbons (Fsp3) is 0.400. The lowest BCUT2D eigenvalue weighted by molar-refractivity contribution is 0.0638. The minimum Gasteiger partial charge on any atom is -0.366 e. The Balaban J connectivity index is 2.96. The Bertz CT molecular complexity index is 988. The zero-order valence-corrected chi connectivity index (χ0v) is 10.4. The standard InChI is InChI=1S/C15H21N3O/c1-17(2)11-12-19-15(13-7-5-4-6-8-13)14-9-10-16-18(14)3/h4-10,15H,11-12H2,1-3H3/i3D3,4D,5D,6D,7D,8D,11D2,12D2,15D. The van der Waals surface area contributed by atoms with Gasteiger partial charge in [-0.25, -0.2) is 0 Å². The molecular weight excluding hydrogens is 238 g/mol. The predicted octanol–water partition coefficient (Wildman–Crippen LogP) is 2.09. The largest absolute Gasteiger partial charge is 0.366 e. The Hall–Kier alpha value is -1.65. The molecule has 0 spiro atoms. The summed E-state index contributed by atoms with van der Waals surface area (Å²) in [5.41, 5.74) is -1.58. The van der Waals surface area contributed by atoms with Gasteiger partial charge in [0.15, 0.2) is 0 Å². The molecule has 0 saturated heterocycles. The van der Waals surface area contributed by atoms with Gasteiger partial charge in [-0.1, -0.05) is 30.2 Å². The molecule has 0 aliphatic carbocycles. The summed E-state index contributed by atoms with van der Waals surface area (Å²) in [4.78, 5) is 0.816. The highest BCUT2D eigenvalue weighted by Gasteiger charge is 2.17. The second-order valence-corrected chi connectivity index (χ2v) is 3.67. The van der Waals surface area contributed by atoms with Crippen molar-refractivity contribution in [3.05, 3.63) is 53.7 Å². The minimum atomic E-state index is -3.33. The van der Waals surface area contributed by atoms with Gasteiger partial charge in [-0.05, 0) is 25.7 Å². The molecule has 4 nitrogen and oxygen atoms in total. The van der Waals surface area contributed by atoms with E-state index in [0.29, 0.717) is 4.68 Å². The number of likely N-dealkylation sites (N-methyl/N-ethyl adjacent to an activating group) is 1. The third kappa shape index (κ3) is 3.66. The molecule has 2 aromatic rings. The second-order valence-electron chi connectivity index (χ2n) is 3.67. The summed E-state index contributed by atoms with van der Waals surface area (Å²) >= 11 is 0. The van der Waals surface area contributed by atoms with E-state index in [1.165, 1.54) is 14.1 Å². The fourth-order valence-electron chi connectivity index (χ4n) is 1.24. The Morgan fingerprint density at radius 3 is 3.00 bits per heavy atom. The van der Waals surface area contributed by atoms with Gasteiger partial charge in [0.05, 0.1) is 23.2 Å². The molecule has 1 atom stereocenters. The van der Waals surface area contributed by atoms with Gasteiger partial charge >= 0.3 is 0 Å². The summed E-state index contributed by atoms with van der Waals surface area (Å²) in [6, 6.07) is -3.44. The number of rotatable bonds is 6. The van der Waals surface area contributed by atoms with Gasteiger partial charge in [0.25, 0.3) is 0 Å². The molecule has 1 aromatic carbocycles. The van der Waals surface area contributed by atoms with Crippen LogP contribution in [0.2, 0.25) is 0 Å². The highest BCUT2D eigenvalue weighted by molar-refractivity contribution is 5.25. The Kier molecular flexibility index (Phi) is 1.61. The first-order valence-corrected chi connectivity index (χ1v) is 5.30. The first-order valence-electron chi connectivity index (χ1n) is 11.8. The van der Waals surface area contributed by atoms with E-state index in [0.717, 1.165) is 17.2 Å². The zero-order chi connectivity index (χ0) is 25.0. The van der Waals surface area contributed by atoms with E-state index in [4.69, 9.17) is 22.6 Å². The zero-order valence-electron chi connectivity index (χ0n) is 23.4. The maximum Gasteiger partial charge on any atom is 0.124 e. The van der Waals surface area contributed by atoms with E-state index in [-0.39, 0.29) is 0 Å². The quantitative estimate of drug-likeness (QED) is 0.806. The molecule has 0 N–H and O–H groups in total. The van der Waals surface area contributed by atoms with Crippen molar-refractivity contribution in [1.29, 1.82) is 0 Å². The van der Waals surface area contributed by atoms with Crippen molar-refractivity contribution in [2.45, 2.75) is 6.08 Å². The molecule has 4 heteroatoms. The molecule has 0 amide bonds. The molecule has 0 aliphatic rings. The van der Waals surface area contributed by atoms with Gasteiger partial charge in [0.1, 0.15) is 6.08 Å². The van der Waals surface area contributed by atoms with Gasteiger partial charge in [0.2, 0.25) is 0 Å². The van der Waals surface area contributed by atoms with E-state index < -0.39 is 67.6 Å². The van der Waals surface area contributed by atoms with Crippen LogP contribution in [0.15, 0.2) is 42.5 Å². The van der Waals surface area contributed by atoms with Crippen molar-refractivity contribution in [2.75, 3.05) is 27.2 Å². The van der Waals surface area contributed by atoms with Crippen LogP contribution in [0.1, 0.15) is 35.2 Å². The van der Waals surface area contributed by atoms with Crippen molar-refractivity contribution in [1.82, 2.24) is 14.7 Å². The van der Waals surface area contributed by atoms with E-state index in [9.17, 15) is 0 Å². The van der Waals surface area contributed by atoms with Crippen LogP contribution in [0.4, 0.5) is 0 Å². The molecule has 0 bridgehead atoms. The topological polar surface area (TPSA) is 30.3 Å². The van der Waals surface area contributed by atoms with Crippen molar-refractivity contribution in [3.63, 3.8) is 0 Å².